The van der Waals surface area contributed by atoms with Gasteiger partial charge in [-0.25, -0.2) is 9.97 Å². The molecule has 5 nitrogen and oxygen atoms in total. The molecule has 1 fully saturated rings. The van der Waals surface area contributed by atoms with Gasteiger partial charge in [0.1, 0.15) is 5.82 Å². The number of hydrogen-bond donors (Lipinski definition) is 1. The van der Waals surface area contributed by atoms with Gasteiger partial charge in [0.05, 0.1) is 6.04 Å². The van der Waals surface area contributed by atoms with Crippen molar-refractivity contribution in [3.05, 3.63) is 22.8 Å². The number of likely N-dealkylation sites (N-methyl/N-ethyl adjacent to an activating group) is 2. The van der Waals surface area contributed by atoms with E-state index < -0.39 is 0 Å². The average Bonchev–Trinajstić information content (AvgIpc) is 2.50. The van der Waals surface area contributed by atoms with E-state index in [4.69, 9.17) is 15.7 Å². The number of rotatable bonds is 5. The highest BCUT2D eigenvalue weighted by molar-refractivity contribution is 5.28. The van der Waals surface area contributed by atoms with E-state index in [0.717, 1.165) is 44.7 Å². The molecule has 1 aromatic rings. The smallest absolute Gasteiger partial charge is 0.147 e. The summed E-state index contributed by atoms with van der Waals surface area (Å²) in [5.41, 5.74) is 9.40. The average molecular weight is 291 g/mol. The highest BCUT2D eigenvalue weighted by atomic mass is 15.3. The molecule has 1 aromatic heterocycles. The predicted molar refractivity (Wildman–Crippen MR) is 86.4 cm³/mol. The fraction of sp³-hybridized carbons (Fsp3) is 0.750. The monoisotopic (exact) mass is 291 g/mol. The Labute approximate surface area is 128 Å². The second kappa shape index (κ2) is 7.29. The summed E-state index contributed by atoms with van der Waals surface area (Å²) in [4.78, 5) is 14.5. The molecule has 118 valence electrons. The molecule has 0 aromatic carbocycles. The van der Waals surface area contributed by atoms with Crippen LogP contribution in [0.3, 0.4) is 0 Å². The number of piperazine rings is 1. The first kappa shape index (κ1) is 16.3. The number of hydrogen-bond acceptors (Lipinski definition) is 5. The van der Waals surface area contributed by atoms with Crippen molar-refractivity contribution in [1.29, 1.82) is 0 Å². The van der Waals surface area contributed by atoms with E-state index in [9.17, 15) is 0 Å². The van der Waals surface area contributed by atoms with Crippen LogP contribution in [0.25, 0.3) is 0 Å². The van der Waals surface area contributed by atoms with E-state index >= 15 is 0 Å². The Morgan fingerprint density at radius 2 is 1.71 bits per heavy atom. The summed E-state index contributed by atoms with van der Waals surface area (Å²) < 4.78 is 0. The highest BCUT2D eigenvalue weighted by Gasteiger charge is 2.27. The normalized spacial score (nSPS) is 20.9. The topological polar surface area (TPSA) is 58.3 Å². The third kappa shape index (κ3) is 3.59. The Kier molecular flexibility index (Phi) is 5.67. The van der Waals surface area contributed by atoms with Gasteiger partial charge in [-0.15, -0.1) is 0 Å². The molecule has 1 aliphatic rings. The molecule has 5 heteroatoms. The number of nitrogens with zero attached hydrogens (tertiary/aromatic N) is 4. The van der Waals surface area contributed by atoms with Gasteiger partial charge in [0.2, 0.25) is 0 Å². The number of nitrogens with two attached hydrogens (primary N) is 1. The van der Waals surface area contributed by atoms with E-state index in [0.29, 0.717) is 12.6 Å². The van der Waals surface area contributed by atoms with Crippen LogP contribution in [0.15, 0.2) is 0 Å². The van der Waals surface area contributed by atoms with Crippen molar-refractivity contribution in [2.24, 2.45) is 5.73 Å². The molecule has 0 saturated carbocycles. The van der Waals surface area contributed by atoms with Crippen molar-refractivity contribution in [1.82, 2.24) is 19.8 Å². The first-order valence-electron chi connectivity index (χ1n) is 8.08. The van der Waals surface area contributed by atoms with Gasteiger partial charge in [0, 0.05) is 31.0 Å². The van der Waals surface area contributed by atoms with Crippen molar-refractivity contribution in [3.63, 3.8) is 0 Å². The third-order valence-corrected chi connectivity index (χ3v) is 4.41. The Bertz CT molecular complexity index is 449. The fourth-order valence-electron chi connectivity index (χ4n) is 3.06. The van der Waals surface area contributed by atoms with Crippen molar-refractivity contribution < 1.29 is 0 Å². The highest BCUT2D eigenvalue weighted by Crippen LogP contribution is 2.23. The van der Waals surface area contributed by atoms with Gasteiger partial charge in [-0.1, -0.05) is 13.8 Å². The molecule has 2 heterocycles. The van der Waals surface area contributed by atoms with E-state index in [1.165, 1.54) is 17.0 Å². The zero-order chi connectivity index (χ0) is 15.4. The first-order valence-corrected chi connectivity index (χ1v) is 8.08. The lowest BCUT2D eigenvalue weighted by atomic mass is 10.0. The second-order valence-corrected chi connectivity index (χ2v) is 5.96. The maximum absolute atomic E-state index is 5.76. The van der Waals surface area contributed by atoms with E-state index in [1.807, 2.05) is 0 Å². The third-order valence-electron chi connectivity index (χ3n) is 4.41. The lowest BCUT2D eigenvalue weighted by Gasteiger charge is -2.37. The zero-order valence-electron chi connectivity index (χ0n) is 13.9. The molecule has 2 N–H and O–H groups in total. The van der Waals surface area contributed by atoms with Gasteiger partial charge < -0.3 is 10.6 Å². The lowest BCUT2D eigenvalue weighted by Crippen LogP contribution is -2.45. The SMILES string of the molecule is CCc1nc(C2CN(C)CCN2C)nc(CC)c1CCN. The minimum atomic E-state index is 0.297. The number of aromatic nitrogens is 2. The van der Waals surface area contributed by atoms with Gasteiger partial charge in [-0.3, -0.25) is 4.90 Å². The maximum Gasteiger partial charge on any atom is 0.147 e. The van der Waals surface area contributed by atoms with Crippen LogP contribution in [0, 0.1) is 0 Å². The molecular weight excluding hydrogens is 262 g/mol. The molecule has 0 aliphatic carbocycles. The van der Waals surface area contributed by atoms with Crippen molar-refractivity contribution in [3.8, 4) is 0 Å². The van der Waals surface area contributed by atoms with Crippen LogP contribution < -0.4 is 5.73 Å². The van der Waals surface area contributed by atoms with Crippen LogP contribution in [0.4, 0.5) is 0 Å². The van der Waals surface area contributed by atoms with Crippen LogP contribution >= 0.6 is 0 Å². The summed E-state index contributed by atoms with van der Waals surface area (Å²) in [5, 5.41) is 0. The first-order chi connectivity index (χ1) is 10.1. The summed E-state index contributed by atoms with van der Waals surface area (Å²) in [6.45, 7) is 8.18. The van der Waals surface area contributed by atoms with Gasteiger partial charge in [0.25, 0.3) is 0 Å². The minimum Gasteiger partial charge on any atom is -0.330 e. The Morgan fingerprint density at radius 3 is 2.24 bits per heavy atom. The summed E-state index contributed by atoms with van der Waals surface area (Å²) in [6, 6.07) is 0.297. The minimum absolute atomic E-state index is 0.297. The van der Waals surface area contributed by atoms with E-state index in [2.05, 4.69) is 37.7 Å². The van der Waals surface area contributed by atoms with Crippen molar-refractivity contribution >= 4 is 0 Å². The summed E-state index contributed by atoms with van der Waals surface area (Å²) in [7, 11) is 4.34. The molecule has 0 radical (unpaired) electrons. The van der Waals surface area contributed by atoms with Crippen LogP contribution in [0.5, 0.6) is 0 Å². The molecule has 0 spiro atoms. The molecule has 21 heavy (non-hydrogen) atoms. The van der Waals surface area contributed by atoms with Gasteiger partial charge in [-0.05, 0) is 45.5 Å². The molecule has 1 unspecified atom stereocenters. The molecule has 1 atom stereocenters. The largest absolute Gasteiger partial charge is 0.330 e. The molecular formula is C16H29N5. The van der Waals surface area contributed by atoms with Crippen molar-refractivity contribution in [2.75, 3.05) is 40.3 Å². The standard InChI is InChI=1S/C16H29N5/c1-5-13-12(7-8-17)14(6-2)19-16(18-13)15-11-20(3)9-10-21(15)4/h15H,5-11,17H2,1-4H3. The summed E-state index contributed by atoms with van der Waals surface area (Å²) in [5.74, 6) is 0.985. The fourth-order valence-corrected chi connectivity index (χ4v) is 3.06. The van der Waals surface area contributed by atoms with E-state index in [1.54, 1.807) is 0 Å². The van der Waals surface area contributed by atoms with Gasteiger partial charge in [0.15, 0.2) is 0 Å². The Morgan fingerprint density at radius 1 is 1.10 bits per heavy atom. The molecule has 0 bridgehead atoms. The van der Waals surface area contributed by atoms with Gasteiger partial charge >= 0.3 is 0 Å². The summed E-state index contributed by atoms with van der Waals surface area (Å²) >= 11 is 0. The molecule has 0 amide bonds. The number of aryl methyl sites for hydroxylation is 2. The summed E-state index contributed by atoms with van der Waals surface area (Å²) in [6.07, 6.45) is 2.78. The lowest BCUT2D eigenvalue weighted by molar-refractivity contribution is 0.109. The Hall–Kier alpha value is -1.04. The second-order valence-electron chi connectivity index (χ2n) is 5.96. The Balaban J connectivity index is 2.39. The molecule has 2 rings (SSSR count). The van der Waals surface area contributed by atoms with Crippen LogP contribution in [0.2, 0.25) is 0 Å². The van der Waals surface area contributed by atoms with Crippen molar-refractivity contribution in [2.45, 2.75) is 39.2 Å². The van der Waals surface area contributed by atoms with Crippen LogP contribution in [0.1, 0.15) is 42.7 Å². The predicted octanol–water partition coefficient (Wildman–Crippen LogP) is 1.02. The van der Waals surface area contributed by atoms with E-state index in [-0.39, 0.29) is 0 Å². The molecule has 1 saturated heterocycles. The van der Waals surface area contributed by atoms with Crippen LogP contribution in [-0.2, 0) is 19.3 Å². The maximum atomic E-state index is 5.76. The van der Waals surface area contributed by atoms with Gasteiger partial charge in [-0.2, -0.15) is 0 Å². The van der Waals surface area contributed by atoms with Crippen LogP contribution in [-0.4, -0.2) is 60.0 Å². The molecule has 1 aliphatic heterocycles. The zero-order valence-corrected chi connectivity index (χ0v) is 13.9. The quantitative estimate of drug-likeness (QED) is 0.878.